The number of hydrogen-bond acceptors (Lipinski definition) is 16. The third-order valence-corrected chi connectivity index (χ3v) is 8.16. The zero-order chi connectivity index (χ0) is 42.4. The largest absolute Gasteiger partial charge is 0.445 e. The van der Waals surface area contributed by atoms with E-state index in [1.807, 2.05) is 30.3 Å². The van der Waals surface area contributed by atoms with Gasteiger partial charge in [0.15, 0.2) is 0 Å². The minimum absolute atomic E-state index is 0.208. The Morgan fingerprint density at radius 3 is 1.05 bits per heavy atom. The lowest BCUT2D eigenvalue weighted by atomic mass is 10.1. The lowest BCUT2D eigenvalue weighted by Gasteiger charge is -2.13. The molecule has 0 saturated heterocycles. The van der Waals surface area contributed by atoms with Crippen LogP contribution in [0.5, 0.6) is 0 Å². The van der Waals surface area contributed by atoms with Gasteiger partial charge in [0.05, 0.1) is 176 Å². The van der Waals surface area contributed by atoms with Crippen molar-refractivity contribution >= 4 is 17.9 Å². The molecule has 60 heavy (non-hydrogen) atoms. The van der Waals surface area contributed by atoms with E-state index in [0.717, 1.165) is 5.56 Å². The molecule has 1 N–H and O–H groups in total. The van der Waals surface area contributed by atoms with E-state index >= 15 is 0 Å². The van der Waals surface area contributed by atoms with E-state index < -0.39 is 6.09 Å². The Hall–Kier alpha value is -3.63. The Morgan fingerprint density at radius 1 is 0.400 bits per heavy atom. The van der Waals surface area contributed by atoms with Crippen LogP contribution in [0.2, 0.25) is 0 Å². The number of hydrogen-bond donors (Lipinski definition) is 1. The molecule has 2 aromatic carbocycles. The monoisotopic (exact) mass is 852 g/mol. The van der Waals surface area contributed by atoms with E-state index in [4.69, 9.17) is 61.6 Å². The van der Waals surface area contributed by atoms with Gasteiger partial charge in [0.1, 0.15) is 6.61 Å². The smallest absolute Gasteiger partial charge is 0.407 e. The van der Waals surface area contributed by atoms with Crippen LogP contribution in [0.25, 0.3) is 0 Å². The Kier molecular flexibility index (Phi) is 30.5. The maximum absolute atomic E-state index is 12.3. The third-order valence-electron chi connectivity index (χ3n) is 8.16. The first kappa shape index (κ1) is 50.7. The van der Waals surface area contributed by atoms with E-state index in [0.29, 0.717) is 170 Å². The zero-order valence-electron chi connectivity index (χ0n) is 34.8. The number of alkyl carbamates (subject to hydrolysis) is 1. The first-order valence-electron chi connectivity index (χ1n) is 20.5. The van der Waals surface area contributed by atoms with Crippen molar-refractivity contribution in [3.8, 4) is 0 Å². The predicted octanol–water partition coefficient (Wildman–Crippen LogP) is 2.41. The number of nitrogens with zero attached hydrogens (tertiary/aromatic N) is 1. The minimum atomic E-state index is -0.476. The molecule has 0 atom stereocenters. The lowest BCUT2D eigenvalue weighted by molar-refractivity contribution is -0.0284. The molecule has 0 aliphatic carbocycles. The molecule has 3 amide bonds. The Balaban J connectivity index is 0.892. The third kappa shape index (κ3) is 25.2. The second kappa shape index (κ2) is 36.1. The van der Waals surface area contributed by atoms with Gasteiger partial charge in [0.25, 0.3) is 11.8 Å². The lowest BCUT2D eigenvalue weighted by Crippen LogP contribution is -2.33. The number of carbonyl (C=O) groups is 3. The molecule has 1 heterocycles. The van der Waals surface area contributed by atoms with Crippen LogP contribution in [-0.4, -0.2) is 194 Å². The first-order chi connectivity index (χ1) is 29.7. The first-order valence-corrected chi connectivity index (χ1v) is 20.5. The number of imide groups is 1. The molecule has 0 saturated carbocycles. The Morgan fingerprint density at radius 2 is 0.700 bits per heavy atom. The highest BCUT2D eigenvalue weighted by Crippen LogP contribution is 2.21. The van der Waals surface area contributed by atoms with Crippen molar-refractivity contribution in [3.05, 3.63) is 71.3 Å². The summed E-state index contributed by atoms with van der Waals surface area (Å²) in [6.07, 6.45) is -0.476. The molecule has 0 aromatic heterocycles. The van der Waals surface area contributed by atoms with Crippen molar-refractivity contribution in [2.24, 2.45) is 0 Å². The minimum Gasteiger partial charge on any atom is -0.445 e. The fraction of sp³-hybridized carbons (Fsp3) is 0.643. The van der Waals surface area contributed by atoms with Gasteiger partial charge in [-0.2, -0.15) is 0 Å². The van der Waals surface area contributed by atoms with Crippen molar-refractivity contribution in [3.63, 3.8) is 0 Å². The van der Waals surface area contributed by atoms with Gasteiger partial charge in [-0.25, -0.2) is 4.79 Å². The molecule has 0 unspecified atom stereocenters. The maximum atomic E-state index is 12.3. The molecule has 0 spiro atoms. The quantitative estimate of drug-likeness (QED) is 0.0759. The summed E-state index contributed by atoms with van der Waals surface area (Å²) in [5, 5.41) is 2.64. The summed E-state index contributed by atoms with van der Waals surface area (Å²) in [5.41, 5.74) is 1.81. The summed E-state index contributed by atoms with van der Waals surface area (Å²) in [5.74, 6) is -0.565. The highest BCUT2D eigenvalue weighted by atomic mass is 16.6. The molecular weight excluding hydrogens is 788 g/mol. The normalized spacial score (nSPS) is 12.4. The van der Waals surface area contributed by atoms with Gasteiger partial charge in [-0.1, -0.05) is 42.5 Å². The summed E-state index contributed by atoms with van der Waals surface area (Å²) < 4.78 is 70.9. The number of carbonyl (C=O) groups excluding carboxylic acids is 3. The molecule has 338 valence electrons. The highest BCUT2D eigenvalue weighted by Gasteiger charge is 2.34. The Labute approximate surface area is 353 Å². The molecule has 0 fully saturated rings. The van der Waals surface area contributed by atoms with Crippen molar-refractivity contribution in [2.45, 2.75) is 6.61 Å². The van der Waals surface area contributed by atoms with Crippen LogP contribution in [-0.2, 0) is 68.2 Å². The summed E-state index contributed by atoms with van der Waals surface area (Å²) in [6.45, 7) is 11.4. The van der Waals surface area contributed by atoms with Crippen LogP contribution in [0, 0.1) is 0 Å². The zero-order valence-corrected chi connectivity index (χ0v) is 34.8. The summed E-state index contributed by atoms with van der Waals surface area (Å²) in [6, 6.07) is 16.3. The molecular formula is C42H64N2O16. The molecule has 0 bridgehead atoms. The fourth-order valence-electron chi connectivity index (χ4n) is 5.12. The number of fused-ring (bicyclic) bond motifs is 1. The van der Waals surface area contributed by atoms with Gasteiger partial charge < -0.3 is 66.9 Å². The van der Waals surface area contributed by atoms with E-state index in [1.165, 1.54) is 4.90 Å². The van der Waals surface area contributed by atoms with Crippen molar-refractivity contribution in [2.75, 3.05) is 172 Å². The molecule has 18 nitrogen and oxygen atoms in total. The topological polar surface area (TPSA) is 186 Å². The number of nitrogens with one attached hydrogen (secondary N) is 1. The van der Waals surface area contributed by atoms with Crippen molar-refractivity contribution in [1.29, 1.82) is 0 Å². The SMILES string of the molecule is O=C(NCCOCCOCCOCCOCCOCCOCCOCCOCCOCCOCCOCCOCCN1C(=O)c2ccccc2C1=O)OCc1ccccc1. The van der Waals surface area contributed by atoms with Crippen LogP contribution in [0.3, 0.4) is 0 Å². The van der Waals surface area contributed by atoms with Gasteiger partial charge in [-0.05, 0) is 17.7 Å². The molecule has 18 heteroatoms. The predicted molar refractivity (Wildman–Crippen MR) is 216 cm³/mol. The van der Waals surface area contributed by atoms with Crippen molar-refractivity contribution in [1.82, 2.24) is 10.2 Å². The van der Waals surface area contributed by atoms with E-state index in [-0.39, 0.29) is 31.6 Å². The van der Waals surface area contributed by atoms with Gasteiger partial charge >= 0.3 is 6.09 Å². The second-order valence-corrected chi connectivity index (χ2v) is 12.6. The van der Waals surface area contributed by atoms with Crippen LogP contribution < -0.4 is 5.32 Å². The average Bonchev–Trinajstić information content (AvgIpc) is 3.51. The van der Waals surface area contributed by atoms with Crippen LogP contribution in [0.4, 0.5) is 4.79 Å². The van der Waals surface area contributed by atoms with Gasteiger partial charge in [-0.3, -0.25) is 14.5 Å². The number of amides is 3. The van der Waals surface area contributed by atoms with E-state index in [2.05, 4.69) is 5.32 Å². The van der Waals surface area contributed by atoms with Crippen LogP contribution in [0.1, 0.15) is 26.3 Å². The number of rotatable bonds is 41. The van der Waals surface area contributed by atoms with Gasteiger partial charge in [-0.15, -0.1) is 0 Å². The van der Waals surface area contributed by atoms with E-state index in [1.54, 1.807) is 24.3 Å². The fourth-order valence-corrected chi connectivity index (χ4v) is 5.12. The average molecular weight is 853 g/mol. The standard InChI is InChI=1S/C42H64N2O16/c45-40-38-8-4-5-9-39(38)41(46)44(40)11-13-49-15-17-51-19-21-53-23-25-55-27-29-57-31-33-59-35-34-58-32-30-56-28-26-54-24-22-52-20-18-50-16-14-48-12-10-43-42(47)60-36-37-6-2-1-3-7-37/h1-9H,10-36H2,(H,43,47). The van der Waals surface area contributed by atoms with Crippen LogP contribution >= 0.6 is 0 Å². The number of benzene rings is 2. The molecule has 2 aromatic rings. The summed E-state index contributed by atoms with van der Waals surface area (Å²) in [7, 11) is 0. The number of ether oxygens (including phenoxy) is 13. The van der Waals surface area contributed by atoms with Gasteiger partial charge in [0.2, 0.25) is 0 Å². The molecule has 1 aliphatic rings. The summed E-state index contributed by atoms with van der Waals surface area (Å²) in [4.78, 5) is 37.5. The molecule has 0 radical (unpaired) electrons. The van der Waals surface area contributed by atoms with Gasteiger partial charge in [0, 0.05) is 6.54 Å². The second-order valence-electron chi connectivity index (χ2n) is 12.6. The highest BCUT2D eigenvalue weighted by molar-refractivity contribution is 6.21. The van der Waals surface area contributed by atoms with Crippen LogP contribution in [0.15, 0.2) is 54.6 Å². The Bertz CT molecular complexity index is 1340. The molecule has 1 aliphatic heterocycles. The molecule has 3 rings (SSSR count). The van der Waals surface area contributed by atoms with E-state index in [9.17, 15) is 14.4 Å². The summed E-state index contributed by atoms with van der Waals surface area (Å²) >= 11 is 0. The van der Waals surface area contributed by atoms with Crippen molar-refractivity contribution < 1.29 is 76.0 Å². The maximum Gasteiger partial charge on any atom is 0.407 e.